The van der Waals surface area contributed by atoms with Gasteiger partial charge in [-0.2, -0.15) is 13.2 Å². The minimum absolute atomic E-state index is 0.176. The number of hydrogen-bond acceptors (Lipinski definition) is 4. The number of alkyl halides is 3. The molecule has 0 heterocycles. The van der Waals surface area contributed by atoms with Gasteiger partial charge < -0.3 is 9.47 Å². The number of methoxy groups -OCH3 is 1. The Kier molecular flexibility index (Phi) is 5.69. The van der Waals surface area contributed by atoms with Crippen molar-refractivity contribution in [2.45, 2.75) is 11.1 Å². The Balaban J connectivity index is 1.77. The number of halogens is 3. The van der Waals surface area contributed by atoms with E-state index in [9.17, 15) is 21.6 Å². The Morgan fingerprint density at radius 1 is 0.862 bits per heavy atom. The van der Waals surface area contributed by atoms with Crippen LogP contribution in [0.1, 0.15) is 5.56 Å². The van der Waals surface area contributed by atoms with Crippen molar-refractivity contribution in [1.82, 2.24) is 0 Å². The fourth-order valence-electron chi connectivity index (χ4n) is 2.47. The van der Waals surface area contributed by atoms with E-state index >= 15 is 0 Å². The van der Waals surface area contributed by atoms with E-state index in [0.717, 1.165) is 18.2 Å². The smallest absolute Gasteiger partial charge is 0.416 e. The summed E-state index contributed by atoms with van der Waals surface area (Å²) in [6.07, 6.45) is -4.64. The first-order valence-corrected chi connectivity index (χ1v) is 9.78. The first kappa shape index (κ1) is 20.5. The summed E-state index contributed by atoms with van der Waals surface area (Å²) >= 11 is 0. The average molecular weight is 423 g/mol. The van der Waals surface area contributed by atoms with E-state index in [2.05, 4.69) is 4.72 Å². The molecule has 0 aliphatic heterocycles. The van der Waals surface area contributed by atoms with Crippen molar-refractivity contribution >= 4 is 15.7 Å². The molecular weight excluding hydrogens is 407 g/mol. The second-order valence-corrected chi connectivity index (χ2v) is 7.59. The topological polar surface area (TPSA) is 64.6 Å². The van der Waals surface area contributed by atoms with Gasteiger partial charge in [0.25, 0.3) is 10.0 Å². The van der Waals surface area contributed by atoms with Crippen LogP contribution in [0.2, 0.25) is 0 Å². The lowest BCUT2D eigenvalue weighted by molar-refractivity contribution is -0.137. The van der Waals surface area contributed by atoms with Gasteiger partial charge in [0.15, 0.2) is 11.5 Å². The summed E-state index contributed by atoms with van der Waals surface area (Å²) in [5, 5.41) is 0. The van der Waals surface area contributed by atoms with E-state index in [-0.39, 0.29) is 5.69 Å². The molecule has 0 fully saturated rings. The van der Waals surface area contributed by atoms with Crippen LogP contribution < -0.4 is 14.2 Å². The summed E-state index contributed by atoms with van der Waals surface area (Å²) in [5.74, 6) is 1.44. The number of sulfonamides is 1. The summed E-state index contributed by atoms with van der Waals surface area (Å²) in [5.41, 5.74) is -0.865. The molecule has 3 aromatic carbocycles. The lowest BCUT2D eigenvalue weighted by Gasteiger charge is -2.12. The Bertz CT molecular complexity index is 1100. The van der Waals surface area contributed by atoms with Gasteiger partial charge in [-0.3, -0.25) is 4.72 Å². The average Bonchev–Trinajstić information content (AvgIpc) is 2.69. The molecule has 0 radical (unpaired) electrons. The van der Waals surface area contributed by atoms with Crippen LogP contribution in [-0.2, 0) is 16.2 Å². The van der Waals surface area contributed by atoms with Crippen LogP contribution in [0.15, 0.2) is 77.7 Å². The first-order chi connectivity index (χ1) is 13.7. The third-order valence-corrected chi connectivity index (χ3v) is 5.25. The van der Waals surface area contributed by atoms with Crippen LogP contribution in [0.3, 0.4) is 0 Å². The molecule has 29 heavy (non-hydrogen) atoms. The Labute approximate surface area is 165 Å². The number of anilines is 1. The predicted molar refractivity (Wildman–Crippen MR) is 102 cm³/mol. The zero-order chi connectivity index (χ0) is 21.1. The van der Waals surface area contributed by atoms with Gasteiger partial charge in [-0.1, -0.05) is 18.2 Å². The molecule has 0 aromatic heterocycles. The van der Waals surface area contributed by atoms with E-state index in [0.29, 0.717) is 23.3 Å². The largest absolute Gasteiger partial charge is 0.493 e. The van der Waals surface area contributed by atoms with Gasteiger partial charge >= 0.3 is 6.18 Å². The minimum atomic E-state index is -4.64. The van der Waals surface area contributed by atoms with Gasteiger partial charge in [0.1, 0.15) is 5.75 Å². The third-order valence-electron chi connectivity index (χ3n) is 3.88. The maximum atomic E-state index is 12.8. The Morgan fingerprint density at radius 2 is 1.52 bits per heavy atom. The molecule has 0 aliphatic carbocycles. The maximum absolute atomic E-state index is 12.8. The normalized spacial score (nSPS) is 11.7. The highest BCUT2D eigenvalue weighted by atomic mass is 32.2. The van der Waals surface area contributed by atoms with E-state index < -0.39 is 26.7 Å². The lowest BCUT2D eigenvalue weighted by atomic mass is 10.2. The van der Waals surface area contributed by atoms with E-state index in [1.165, 1.54) is 31.4 Å². The zero-order valence-electron chi connectivity index (χ0n) is 15.1. The summed E-state index contributed by atoms with van der Waals surface area (Å²) in [6, 6.07) is 16.5. The highest BCUT2D eigenvalue weighted by Crippen LogP contribution is 2.32. The van der Waals surface area contributed by atoms with Crippen molar-refractivity contribution < 1.29 is 31.1 Å². The van der Waals surface area contributed by atoms with Gasteiger partial charge in [-0.25, -0.2) is 8.42 Å². The van der Waals surface area contributed by atoms with Crippen LogP contribution in [-0.4, -0.2) is 15.5 Å². The molecule has 0 saturated heterocycles. The molecule has 0 unspecified atom stereocenters. The second kappa shape index (κ2) is 8.04. The molecule has 0 spiro atoms. The van der Waals surface area contributed by atoms with E-state index in [4.69, 9.17) is 9.47 Å². The maximum Gasteiger partial charge on any atom is 0.416 e. The molecule has 3 rings (SSSR count). The summed E-state index contributed by atoms with van der Waals surface area (Å²) < 4.78 is 76.4. The molecule has 0 saturated carbocycles. The van der Waals surface area contributed by atoms with Crippen molar-refractivity contribution in [3.05, 3.63) is 78.4 Å². The lowest BCUT2D eigenvalue weighted by Crippen LogP contribution is -2.14. The van der Waals surface area contributed by atoms with Gasteiger partial charge in [0.05, 0.1) is 17.6 Å². The number of para-hydroxylation sites is 2. The fraction of sp³-hybridized carbons (Fsp3) is 0.100. The van der Waals surface area contributed by atoms with E-state index in [1.54, 1.807) is 24.3 Å². The van der Waals surface area contributed by atoms with Crippen LogP contribution in [0, 0.1) is 0 Å². The quantitative estimate of drug-likeness (QED) is 0.584. The van der Waals surface area contributed by atoms with Crippen LogP contribution in [0.4, 0.5) is 18.9 Å². The minimum Gasteiger partial charge on any atom is -0.493 e. The standard InChI is InChI=1S/C20H16F3NO4S/c1-27-18-7-2-3-8-19(18)28-16-11-9-15(10-12-16)24-29(25,26)17-6-4-5-14(13-17)20(21,22)23/h2-13,24H,1H3. The van der Waals surface area contributed by atoms with Crippen LogP contribution in [0.5, 0.6) is 17.2 Å². The summed E-state index contributed by atoms with van der Waals surface area (Å²) in [6.45, 7) is 0. The molecule has 9 heteroatoms. The molecule has 3 aromatic rings. The van der Waals surface area contributed by atoms with Gasteiger partial charge in [-0.05, 0) is 54.6 Å². The Hall–Kier alpha value is -3.20. The monoisotopic (exact) mass is 423 g/mol. The number of ether oxygens (including phenoxy) is 2. The van der Waals surface area contributed by atoms with Gasteiger partial charge in [-0.15, -0.1) is 0 Å². The molecule has 152 valence electrons. The van der Waals surface area contributed by atoms with Gasteiger partial charge in [0.2, 0.25) is 0 Å². The molecular formula is C20H16F3NO4S. The zero-order valence-corrected chi connectivity index (χ0v) is 15.9. The Morgan fingerprint density at radius 3 is 2.14 bits per heavy atom. The van der Waals surface area contributed by atoms with E-state index in [1.807, 2.05) is 0 Å². The number of hydrogen-bond donors (Lipinski definition) is 1. The summed E-state index contributed by atoms with van der Waals surface area (Å²) in [7, 11) is -2.68. The molecule has 0 atom stereocenters. The molecule has 0 aliphatic rings. The SMILES string of the molecule is COc1ccccc1Oc1ccc(NS(=O)(=O)c2cccc(C(F)(F)F)c2)cc1. The summed E-state index contributed by atoms with van der Waals surface area (Å²) in [4.78, 5) is -0.485. The highest BCUT2D eigenvalue weighted by Gasteiger charge is 2.31. The number of nitrogens with one attached hydrogen (secondary N) is 1. The third kappa shape index (κ3) is 5.00. The van der Waals surface area contributed by atoms with Crippen LogP contribution >= 0.6 is 0 Å². The van der Waals surface area contributed by atoms with Crippen LogP contribution in [0.25, 0.3) is 0 Å². The van der Waals surface area contributed by atoms with Gasteiger partial charge in [0, 0.05) is 5.69 Å². The highest BCUT2D eigenvalue weighted by molar-refractivity contribution is 7.92. The number of benzene rings is 3. The van der Waals surface area contributed by atoms with Crippen molar-refractivity contribution in [3.63, 3.8) is 0 Å². The molecule has 0 amide bonds. The van der Waals surface area contributed by atoms with Crippen molar-refractivity contribution in [1.29, 1.82) is 0 Å². The number of rotatable bonds is 6. The van der Waals surface area contributed by atoms with Crippen molar-refractivity contribution in [2.75, 3.05) is 11.8 Å². The fourth-order valence-corrected chi connectivity index (χ4v) is 3.58. The van der Waals surface area contributed by atoms with Crippen molar-refractivity contribution in [3.8, 4) is 17.2 Å². The second-order valence-electron chi connectivity index (χ2n) is 5.91. The molecule has 5 nitrogen and oxygen atoms in total. The first-order valence-electron chi connectivity index (χ1n) is 8.30. The molecule has 0 bridgehead atoms. The molecule has 1 N–H and O–H groups in total. The van der Waals surface area contributed by atoms with Crippen molar-refractivity contribution in [2.24, 2.45) is 0 Å². The predicted octanol–water partition coefficient (Wildman–Crippen LogP) is 5.31.